The van der Waals surface area contributed by atoms with Gasteiger partial charge in [-0.1, -0.05) is 30.7 Å². The van der Waals surface area contributed by atoms with Gasteiger partial charge in [0.1, 0.15) is 35.1 Å². The molecule has 4 heterocycles. The van der Waals surface area contributed by atoms with Crippen LogP contribution in [0.3, 0.4) is 0 Å². The standard InChI is InChI=1S/C33H34ClFN6OS/c1-2-12-40-13-10-21(11-14-40)17-41-18-26-28(39-41)8-7-25-30-32(36-20-37-33(30)43-31(25)26)38-24-6-9-29(27(34)16-24)42-19-22-4-3-5-23(35)15-22/h3-6,9,15-16,18,20-21H,2,7-8,10-14,17,19H2,1H3,(H,36,37,38). The molecule has 10 heteroatoms. The average molecular weight is 617 g/mol. The first-order valence-corrected chi connectivity index (χ1v) is 16.2. The topological polar surface area (TPSA) is 68.1 Å². The molecule has 1 aliphatic heterocycles. The van der Waals surface area contributed by atoms with Gasteiger partial charge in [0.2, 0.25) is 0 Å². The van der Waals surface area contributed by atoms with E-state index >= 15 is 0 Å². The summed E-state index contributed by atoms with van der Waals surface area (Å²) < 4.78 is 21.6. The number of likely N-dealkylation sites (tertiary alicyclic amines) is 1. The minimum atomic E-state index is -0.290. The summed E-state index contributed by atoms with van der Waals surface area (Å²) in [5.74, 6) is 1.69. The Kier molecular flexibility index (Phi) is 8.03. The molecule has 0 atom stereocenters. The summed E-state index contributed by atoms with van der Waals surface area (Å²) in [6, 6.07) is 11.9. The van der Waals surface area contributed by atoms with Crippen LogP contribution in [-0.2, 0) is 26.0 Å². The lowest BCUT2D eigenvalue weighted by Crippen LogP contribution is -2.35. The number of hydrogen-bond acceptors (Lipinski definition) is 7. The molecule has 7 rings (SSSR count). The molecular formula is C33H34ClFN6OS. The number of nitrogens with one attached hydrogen (secondary N) is 1. The first-order chi connectivity index (χ1) is 21.0. The van der Waals surface area contributed by atoms with Crippen molar-refractivity contribution in [1.29, 1.82) is 0 Å². The van der Waals surface area contributed by atoms with Gasteiger partial charge in [-0.25, -0.2) is 14.4 Å². The van der Waals surface area contributed by atoms with Gasteiger partial charge in [-0.05, 0) is 99.1 Å². The number of halogens is 2. The summed E-state index contributed by atoms with van der Waals surface area (Å²) in [5.41, 5.74) is 5.25. The second kappa shape index (κ2) is 12.2. The fourth-order valence-electron chi connectivity index (χ4n) is 6.31. The molecule has 2 aromatic carbocycles. The molecule has 1 N–H and O–H groups in total. The van der Waals surface area contributed by atoms with Crippen molar-refractivity contribution >= 4 is 44.7 Å². The Morgan fingerprint density at radius 1 is 1.12 bits per heavy atom. The summed E-state index contributed by atoms with van der Waals surface area (Å²) in [4.78, 5) is 14.1. The zero-order valence-corrected chi connectivity index (χ0v) is 25.7. The highest BCUT2D eigenvalue weighted by Crippen LogP contribution is 2.45. The largest absolute Gasteiger partial charge is 0.487 e. The van der Waals surface area contributed by atoms with Gasteiger partial charge in [0.15, 0.2) is 0 Å². The lowest BCUT2D eigenvalue weighted by molar-refractivity contribution is 0.171. The molecule has 2 aliphatic rings. The van der Waals surface area contributed by atoms with Gasteiger partial charge in [0.25, 0.3) is 0 Å². The van der Waals surface area contributed by atoms with Crippen LogP contribution in [0, 0.1) is 11.7 Å². The second-order valence-electron chi connectivity index (χ2n) is 11.5. The van der Waals surface area contributed by atoms with Gasteiger partial charge in [0, 0.05) is 28.9 Å². The van der Waals surface area contributed by atoms with Crippen LogP contribution in [0.1, 0.15) is 43.0 Å². The first-order valence-electron chi connectivity index (χ1n) is 15.0. The zero-order valence-electron chi connectivity index (χ0n) is 24.2. The molecule has 0 bridgehead atoms. The van der Waals surface area contributed by atoms with Crippen molar-refractivity contribution in [3.8, 4) is 16.2 Å². The summed E-state index contributed by atoms with van der Waals surface area (Å²) in [6.07, 6.45) is 9.40. The van der Waals surface area contributed by atoms with E-state index < -0.39 is 0 Å². The van der Waals surface area contributed by atoms with E-state index in [0.29, 0.717) is 16.7 Å². The van der Waals surface area contributed by atoms with Crippen molar-refractivity contribution in [2.24, 2.45) is 5.92 Å². The number of anilines is 2. The summed E-state index contributed by atoms with van der Waals surface area (Å²) >= 11 is 8.29. The molecule has 5 aromatic rings. The smallest absolute Gasteiger partial charge is 0.142 e. The lowest BCUT2D eigenvalue weighted by Gasteiger charge is -2.31. The SMILES string of the molecule is CCCN1CCC(Cn2cc3c(n2)CCc2c-3sc3ncnc(Nc4ccc(OCc5cccc(F)c5)c(Cl)c4)c23)CC1. The normalized spacial score (nSPS) is 15.4. The third-order valence-corrected chi connectivity index (χ3v) is 9.92. The number of aryl methyl sites for hydroxylation is 2. The number of nitrogens with zero attached hydrogens (tertiary/aromatic N) is 5. The van der Waals surface area contributed by atoms with Crippen LogP contribution in [-0.4, -0.2) is 44.3 Å². The van der Waals surface area contributed by atoms with Crippen LogP contribution in [0.2, 0.25) is 5.02 Å². The van der Waals surface area contributed by atoms with Crippen LogP contribution in [0.5, 0.6) is 5.75 Å². The second-order valence-corrected chi connectivity index (χ2v) is 12.9. The highest BCUT2D eigenvalue weighted by Gasteiger charge is 2.27. The Bertz CT molecular complexity index is 1760. The molecule has 1 aliphatic carbocycles. The van der Waals surface area contributed by atoms with E-state index in [1.54, 1.807) is 23.7 Å². The molecule has 0 amide bonds. The monoisotopic (exact) mass is 616 g/mol. The van der Waals surface area contributed by atoms with Crippen molar-refractivity contribution in [3.05, 3.63) is 82.6 Å². The number of hydrogen-bond donors (Lipinski definition) is 1. The van der Waals surface area contributed by atoms with Crippen LogP contribution in [0.4, 0.5) is 15.9 Å². The Hall–Kier alpha value is -3.53. The maximum absolute atomic E-state index is 13.5. The van der Waals surface area contributed by atoms with Gasteiger partial charge < -0.3 is 15.0 Å². The maximum Gasteiger partial charge on any atom is 0.142 e. The maximum atomic E-state index is 13.5. The minimum absolute atomic E-state index is 0.231. The van der Waals surface area contributed by atoms with Crippen LogP contribution >= 0.6 is 22.9 Å². The Balaban J connectivity index is 1.08. The molecule has 43 heavy (non-hydrogen) atoms. The van der Waals surface area contributed by atoms with Crippen LogP contribution in [0.15, 0.2) is 55.0 Å². The van der Waals surface area contributed by atoms with E-state index in [9.17, 15) is 4.39 Å². The minimum Gasteiger partial charge on any atom is -0.487 e. The number of rotatable bonds is 9. The number of aromatic nitrogens is 4. The molecule has 7 nitrogen and oxygen atoms in total. The van der Waals surface area contributed by atoms with Crippen LogP contribution in [0.25, 0.3) is 20.7 Å². The predicted molar refractivity (Wildman–Crippen MR) is 171 cm³/mol. The van der Waals surface area contributed by atoms with Crippen molar-refractivity contribution in [3.63, 3.8) is 0 Å². The van der Waals surface area contributed by atoms with Gasteiger partial charge in [-0.3, -0.25) is 4.68 Å². The summed E-state index contributed by atoms with van der Waals surface area (Å²) in [7, 11) is 0. The van der Waals surface area contributed by atoms with Gasteiger partial charge >= 0.3 is 0 Å². The van der Waals surface area contributed by atoms with E-state index in [2.05, 4.69) is 38.0 Å². The molecule has 1 fully saturated rings. The van der Waals surface area contributed by atoms with E-state index in [-0.39, 0.29) is 12.4 Å². The molecule has 0 spiro atoms. The van der Waals surface area contributed by atoms with E-state index in [1.807, 2.05) is 24.3 Å². The number of thiophene rings is 1. The molecule has 222 valence electrons. The number of benzene rings is 2. The third kappa shape index (κ3) is 5.98. The molecule has 1 saturated heterocycles. The predicted octanol–water partition coefficient (Wildman–Crippen LogP) is 7.89. The highest BCUT2D eigenvalue weighted by molar-refractivity contribution is 7.22. The fourth-order valence-corrected chi connectivity index (χ4v) is 7.77. The highest BCUT2D eigenvalue weighted by atomic mass is 35.5. The zero-order chi connectivity index (χ0) is 29.3. The van der Waals surface area contributed by atoms with Crippen LogP contribution < -0.4 is 10.1 Å². The Labute approximate surface area is 259 Å². The van der Waals surface area contributed by atoms with E-state index in [1.165, 1.54) is 72.7 Å². The molecular weight excluding hydrogens is 583 g/mol. The van der Waals surface area contributed by atoms with E-state index in [4.69, 9.17) is 21.4 Å². The summed E-state index contributed by atoms with van der Waals surface area (Å²) in [5, 5.41) is 10.0. The molecule has 0 radical (unpaired) electrons. The number of ether oxygens (including phenoxy) is 1. The Morgan fingerprint density at radius 3 is 2.81 bits per heavy atom. The van der Waals surface area contributed by atoms with Gasteiger partial charge in [0.05, 0.1) is 16.1 Å². The number of fused-ring (bicyclic) bond motifs is 5. The van der Waals surface area contributed by atoms with Crippen molar-refractivity contribution in [2.45, 2.75) is 52.2 Å². The van der Waals surface area contributed by atoms with Crippen molar-refractivity contribution < 1.29 is 9.13 Å². The number of piperidine rings is 1. The van der Waals surface area contributed by atoms with Gasteiger partial charge in [-0.15, -0.1) is 11.3 Å². The Morgan fingerprint density at radius 2 is 2.00 bits per heavy atom. The molecule has 0 saturated carbocycles. The quantitative estimate of drug-likeness (QED) is 0.182. The van der Waals surface area contributed by atoms with Gasteiger partial charge in [-0.2, -0.15) is 5.10 Å². The van der Waals surface area contributed by atoms with Crippen molar-refractivity contribution in [2.75, 3.05) is 25.0 Å². The third-order valence-electron chi connectivity index (χ3n) is 8.45. The van der Waals surface area contributed by atoms with E-state index in [0.717, 1.165) is 46.7 Å². The first kappa shape index (κ1) is 28.3. The molecule has 3 aromatic heterocycles. The van der Waals surface area contributed by atoms with Crippen molar-refractivity contribution in [1.82, 2.24) is 24.6 Å². The summed E-state index contributed by atoms with van der Waals surface area (Å²) in [6.45, 7) is 7.09. The average Bonchev–Trinajstić information content (AvgIpc) is 3.59. The lowest BCUT2D eigenvalue weighted by atomic mass is 9.95. The molecule has 0 unspecified atom stereocenters. The fraction of sp³-hybridized carbons (Fsp3) is 0.364.